The third-order valence-corrected chi connectivity index (χ3v) is 2.88. The molecule has 0 aromatic rings. The summed E-state index contributed by atoms with van der Waals surface area (Å²) in [4.78, 5) is 12.2. The van der Waals surface area contributed by atoms with Crippen LogP contribution in [0.15, 0.2) is 12.7 Å². The SMILES string of the molecule is C=CCCC(C)(CC(C)C)C(=O)C(C)C. The first-order valence-electron chi connectivity index (χ1n) is 5.98. The van der Waals surface area contributed by atoms with E-state index >= 15 is 0 Å². The molecule has 0 spiro atoms. The molecule has 0 N–H and O–H groups in total. The van der Waals surface area contributed by atoms with Gasteiger partial charge in [-0.15, -0.1) is 6.58 Å². The second-order valence-electron chi connectivity index (χ2n) is 5.50. The van der Waals surface area contributed by atoms with Crippen molar-refractivity contribution in [2.45, 2.75) is 53.9 Å². The Morgan fingerprint density at radius 3 is 2.20 bits per heavy atom. The van der Waals surface area contributed by atoms with E-state index in [0.29, 0.717) is 11.7 Å². The number of carbonyl (C=O) groups is 1. The zero-order chi connectivity index (χ0) is 12.1. The van der Waals surface area contributed by atoms with Crippen LogP contribution < -0.4 is 0 Å². The molecule has 88 valence electrons. The first-order valence-corrected chi connectivity index (χ1v) is 5.98. The highest BCUT2D eigenvalue weighted by atomic mass is 16.1. The van der Waals surface area contributed by atoms with Crippen LogP contribution in [0.3, 0.4) is 0 Å². The van der Waals surface area contributed by atoms with Gasteiger partial charge in [-0.3, -0.25) is 4.79 Å². The summed E-state index contributed by atoms with van der Waals surface area (Å²) in [7, 11) is 0. The Bertz CT molecular complexity index is 215. The molecule has 0 fully saturated rings. The Labute approximate surface area is 95.0 Å². The molecule has 0 amide bonds. The summed E-state index contributed by atoms with van der Waals surface area (Å²) in [5.74, 6) is 1.11. The molecule has 0 saturated heterocycles. The van der Waals surface area contributed by atoms with Gasteiger partial charge in [-0.05, 0) is 25.2 Å². The van der Waals surface area contributed by atoms with Gasteiger partial charge in [0, 0.05) is 11.3 Å². The summed E-state index contributed by atoms with van der Waals surface area (Å²) in [6.07, 6.45) is 4.76. The fourth-order valence-electron chi connectivity index (χ4n) is 2.34. The van der Waals surface area contributed by atoms with Gasteiger partial charge in [0.1, 0.15) is 5.78 Å². The smallest absolute Gasteiger partial charge is 0.141 e. The van der Waals surface area contributed by atoms with Crippen LogP contribution in [0.4, 0.5) is 0 Å². The van der Waals surface area contributed by atoms with Crippen molar-refractivity contribution in [1.29, 1.82) is 0 Å². The number of hydrogen-bond donors (Lipinski definition) is 0. The van der Waals surface area contributed by atoms with Gasteiger partial charge < -0.3 is 0 Å². The van der Waals surface area contributed by atoms with Crippen LogP contribution in [-0.4, -0.2) is 5.78 Å². The van der Waals surface area contributed by atoms with E-state index in [-0.39, 0.29) is 11.3 Å². The molecule has 0 aliphatic heterocycles. The summed E-state index contributed by atoms with van der Waals surface area (Å²) in [5, 5.41) is 0. The second kappa shape index (κ2) is 6.09. The standard InChI is InChI=1S/C14H26O/c1-7-8-9-14(6,10-11(2)3)13(15)12(4)5/h7,11-12H,1,8-10H2,2-6H3. The van der Waals surface area contributed by atoms with Crippen LogP contribution in [0.5, 0.6) is 0 Å². The lowest BCUT2D eigenvalue weighted by molar-refractivity contribution is -0.132. The molecule has 1 heteroatoms. The highest BCUT2D eigenvalue weighted by Crippen LogP contribution is 2.34. The third-order valence-electron chi connectivity index (χ3n) is 2.88. The van der Waals surface area contributed by atoms with Gasteiger partial charge in [-0.25, -0.2) is 0 Å². The van der Waals surface area contributed by atoms with Crippen LogP contribution in [0, 0.1) is 17.3 Å². The zero-order valence-corrected chi connectivity index (χ0v) is 11.0. The Kier molecular flexibility index (Phi) is 5.85. The number of allylic oxidation sites excluding steroid dienone is 1. The Morgan fingerprint density at radius 2 is 1.87 bits per heavy atom. The lowest BCUT2D eigenvalue weighted by Gasteiger charge is -2.31. The lowest BCUT2D eigenvalue weighted by Crippen LogP contribution is -2.32. The van der Waals surface area contributed by atoms with Gasteiger partial charge in [-0.2, -0.15) is 0 Å². The maximum Gasteiger partial charge on any atom is 0.141 e. The largest absolute Gasteiger partial charge is 0.299 e. The van der Waals surface area contributed by atoms with Gasteiger partial charge in [-0.1, -0.05) is 40.7 Å². The van der Waals surface area contributed by atoms with Crippen molar-refractivity contribution in [1.82, 2.24) is 0 Å². The minimum absolute atomic E-state index is 0.138. The first kappa shape index (κ1) is 14.4. The van der Waals surface area contributed by atoms with Gasteiger partial charge in [0.2, 0.25) is 0 Å². The number of ketones is 1. The van der Waals surface area contributed by atoms with Crippen molar-refractivity contribution < 1.29 is 4.79 Å². The van der Waals surface area contributed by atoms with E-state index in [0.717, 1.165) is 19.3 Å². The van der Waals surface area contributed by atoms with Crippen molar-refractivity contribution in [3.63, 3.8) is 0 Å². The Morgan fingerprint density at radius 1 is 1.33 bits per heavy atom. The monoisotopic (exact) mass is 210 g/mol. The van der Waals surface area contributed by atoms with E-state index < -0.39 is 0 Å². The van der Waals surface area contributed by atoms with Crippen LogP contribution >= 0.6 is 0 Å². The topological polar surface area (TPSA) is 17.1 Å². The predicted octanol–water partition coefficient (Wildman–Crippen LogP) is 4.23. The quantitative estimate of drug-likeness (QED) is 0.575. The Balaban J connectivity index is 4.67. The van der Waals surface area contributed by atoms with Crippen molar-refractivity contribution in [3.05, 3.63) is 12.7 Å². The second-order valence-corrected chi connectivity index (χ2v) is 5.50. The van der Waals surface area contributed by atoms with Crippen molar-refractivity contribution in [2.75, 3.05) is 0 Å². The van der Waals surface area contributed by atoms with E-state index in [1.165, 1.54) is 0 Å². The molecule has 1 nitrogen and oxygen atoms in total. The summed E-state index contributed by atoms with van der Waals surface area (Å²) >= 11 is 0. The summed E-state index contributed by atoms with van der Waals surface area (Å²) in [6, 6.07) is 0. The molecule has 0 aliphatic carbocycles. The third kappa shape index (κ3) is 4.63. The molecule has 0 saturated carbocycles. The fraction of sp³-hybridized carbons (Fsp3) is 0.786. The molecule has 0 aliphatic rings. The summed E-state index contributed by atoms with van der Waals surface area (Å²) in [6.45, 7) is 14.2. The molecule has 1 atom stereocenters. The summed E-state index contributed by atoms with van der Waals surface area (Å²) < 4.78 is 0. The first-order chi connectivity index (χ1) is 6.83. The number of carbonyl (C=O) groups excluding carboxylic acids is 1. The minimum atomic E-state index is -0.156. The molecular formula is C14H26O. The van der Waals surface area contributed by atoms with Gasteiger partial charge in [0.15, 0.2) is 0 Å². The van der Waals surface area contributed by atoms with Crippen LogP contribution in [0.25, 0.3) is 0 Å². The Hall–Kier alpha value is -0.590. The lowest BCUT2D eigenvalue weighted by atomic mass is 9.72. The van der Waals surface area contributed by atoms with Crippen LogP contribution in [0.1, 0.15) is 53.9 Å². The normalized spacial score (nSPS) is 15.4. The molecule has 0 aromatic heterocycles. The predicted molar refractivity (Wildman–Crippen MR) is 66.8 cm³/mol. The van der Waals surface area contributed by atoms with E-state index in [9.17, 15) is 4.79 Å². The maximum atomic E-state index is 12.2. The number of hydrogen-bond acceptors (Lipinski definition) is 1. The van der Waals surface area contributed by atoms with Crippen LogP contribution in [-0.2, 0) is 4.79 Å². The highest BCUT2D eigenvalue weighted by molar-refractivity contribution is 5.86. The van der Waals surface area contributed by atoms with Gasteiger partial charge >= 0.3 is 0 Å². The highest BCUT2D eigenvalue weighted by Gasteiger charge is 2.34. The van der Waals surface area contributed by atoms with Crippen molar-refractivity contribution in [3.8, 4) is 0 Å². The van der Waals surface area contributed by atoms with E-state index in [2.05, 4.69) is 27.4 Å². The molecule has 1 unspecified atom stereocenters. The maximum absolute atomic E-state index is 12.2. The molecule has 0 rings (SSSR count). The van der Waals surface area contributed by atoms with Gasteiger partial charge in [0.05, 0.1) is 0 Å². The average molecular weight is 210 g/mol. The zero-order valence-electron chi connectivity index (χ0n) is 11.0. The van der Waals surface area contributed by atoms with Gasteiger partial charge in [0.25, 0.3) is 0 Å². The minimum Gasteiger partial charge on any atom is -0.299 e. The molecule has 0 radical (unpaired) electrons. The number of rotatable bonds is 7. The number of Topliss-reactive ketones (excluding diaryl/α,β-unsaturated/α-hetero) is 1. The molecular weight excluding hydrogens is 184 g/mol. The van der Waals surface area contributed by atoms with Crippen molar-refractivity contribution >= 4 is 5.78 Å². The molecule has 0 heterocycles. The van der Waals surface area contributed by atoms with E-state index in [1.54, 1.807) is 0 Å². The fourth-order valence-corrected chi connectivity index (χ4v) is 2.34. The van der Waals surface area contributed by atoms with Crippen molar-refractivity contribution in [2.24, 2.45) is 17.3 Å². The molecule has 0 aromatic carbocycles. The average Bonchev–Trinajstić information content (AvgIpc) is 2.12. The van der Waals surface area contributed by atoms with E-state index in [4.69, 9.17) is 0 Å². The van der Waals surface area contributed by atoms with Crippen LogP contribution in [0.2, 0.25) is 0 Å². The van der Waals surface area contributed by atoms with E-state index in [1.807, 2.05) is 19.9 Å². The molecule has 15 heavy (non-hydrogen) atoms. The molecule has 0 bridgehead atoms. The summed E-state index contributed by atoms with van der Waals surface area (Å²) in [5.41, 5.74) is -0.156.